The SMILES string of the molecule is C1CC(c2nc(CNC3CC3)no2)CCO1. The minimum atomic E-state index is 0.399. The van der Waals surface area contributed by atoms with Crippen molar-refractivity contribution in [2.75, 3.05) is 13.2 Å². The molecule has 88 valence electrons. The predicted molar refractivity (Wildman–Crippen MR) is 57.0 cm³/mol. The molecular formula is C11H17N3O2. The second kappa shape index (κ2) is 4.51. The molecule has 1 aliphatic heterocycles. The Labute approximate surface area is 94.6 Å². The fraction of sp³-hybridized carbons (Fsp3) is 0.818. The molecule has 16 heavy (non-hydrogen) atoms. The molecule has 1 aromatic rings. The maximum atomic E-state index is 5.31. The number of nitrogens with one attached hydrogen (secondary N) is 1. The monoisotopic (exact) mass is 223 g/mol. The molecule has 1 aromatic heterocycles. The van der Waals surface area contributed by atoms with Gasteiger partial charge in [-0.05, 0) is 25.7 Å². The molecule has 2 fully saturated rings. The normalized spacial score (nSPS) is 22.5. The van der Waals surface area contributed by atoms with E-state index in [1.165, 1.54) is 12.8 Å². The summed E-state index contributed by atoms with van der Waals surface area (Å²) in [6.07, 6.45) is 4.56. The van der Waals surface area contributed by atoms with E-state index in [4.69, 9.17) is 9.26 Å². The number of aromatic nitrogens is 2. The molecule has 0 spiro atoms. The molecule has 0 radical (unpaired) electrons. The van der Waals surface area contributed by atoms with Crippen molar-refractivity contribution in [2.45, 2.75) is 44.2 Å². The van der Waals surface area contributed by atoms with Crippen LogP contribution in [0.15, 0.2) is 4.52 Å². The third-order valence-electron chi connectivity index (χ3n) is 3.18. The van der Waals surface area contributed by atoms with Crippen LogP contribution in [0.3, 0.4) is 0 Å². The third kappa shape index (κ3) is 2.41. The molecule has 0 amide bonds. The molecule has 2 heterocycles. The van der Waals surface area contributed by atoms with E-state index >= 15 is 0 Å². The summed E-state index contributed by atoms with van der Waals surface area (Å²) >= 11 is 0. The van der Waals surface area contributed by atoms with Crippen molar-refractivity contribution in [3.05, 3.63) is 11.7 Å². The van der Waals surface area contributed by atoms with E-state index in [1.54, 1.807) is 0 Å². The van der Waals surface area contributed by atoms with Crippen molar-refractivity contribution >= 4 is 0 Å². The molecule has 1 saturated carbocycles. The van der Waals surface area contributed by atoms with Gasteiger partial charge in [-0.15, -0.1) is 0 Å². The average molecular weight is 223 g/mol. The number of nitrogens with zero attached hydrogens (tertiary/aromatic N) is 2. The Hall–Kier alpha value is -0.940. The number of hydrogen-bond donors (Lipinski definition) is 1. The third-order valence-corrected chi connectivity index (χ3v) is 3.18. The fourth-order valence-corrected chi connectivity index (χ4v) is 1.97. The lowest BCUT2D eigenvalue weighted by molar-refractivity contribution is 0.0778. The first kappa shape index (κ1) is 10.2. The summed E-state index contributed by atoms with van der Waals surface area (Å²) in [5, 5.41) is 7.38. The fourth-order valence-electron chi connectivity index (χ4n) is 1.97. The largest absolute Gasteiger partial charge is 0.381 e. The van der Waals surface area contributed by atoms with Crippen LogP contribution in [0.1, 0.15) is 43.3 Å². The number of rotatable bonds is 4. The Kier molecular flexibility index (Phi) is 2.88. The van der Waals surface area contributed by atoms with Crippen LogP contribution in [0.5, 0.6) is 0 Å². The van der Waals surface area contributed by atoms with Gasteiger partial charge in [0.25, 0.3) is 0 Å². The van der Waals surface area contributed by atoms with Gasteiger partial charge in [-0.3, -0.25) is 0 Å². The van der Waals surface area contributed by atoms with Crippen LogP contribution < -0.4 is 5.32 Å². The van der Waals surface area contributed by atoms with E-state index in [-0.39, 0.29) is 0 Å². The summed E-state index contributed by atoms with van der Waals surface area (Å²) in [5.74, 6) is 1.97. The smallest absolute Gasteiger partial charge is 0.229 e. The summed E-state index contributed by atoms with van der Waals surface area (Å²) in [6.45, 7) is 2.35. The quantitative estimate of drug-likeness (QED) is 0.831. The summed E-state index contributed by atoms with van der Waals surface area (Å²) in [7, 11) is 0. The highest BCUT2D eigenvalue weighted by Crippen LogP contribution is 2.25. The van der Waals surface area contributed by atoms with E-state index < -0.39 is 0 Å². The Morgan fingerprint density at radius 2 is 2.00 bits per heavy atom. The maximum absolute atomic E-state index is 5.31. The van der Waals surface area contributed by atoms with Crippen molar-refractivity contribution in [3.63, 3.8) is 0 Å². The molecule has 1 N–H and O–H groups in total. The predicted octanol–water partition coefficient (Wildman–Crippen LogP) is 1.22. The summed E-state index contributed by atoms with van der Waals surface area (Å²) in [6, 6.07) is 0.685. The van der Waals surface area contributed by atoms with Crippen molar-refractivity contribution < 1.29 is 9.26 Å². The Balaban J connectivity index is 1.57. The van der Waals surface area contributed by atoms with Crippen molar-refractivity contribution in [1.29, 1.82) is 0 Å². The zero-order valence-corrected chi connectivity index (χ0v) is 9.32. The van der Waals surface area contributed by atoms with Crippen LogP contribution in [0.2, 0.25) is 0 Å². The minimum absolute atomic E-state index is 0.399. The van der Waals surface area contributed by atoms with Gasteiger partial charge in [-0.2, -0.15) is 4.98 Å². The lowest BCUT2D eigenvalue weighted by atomic mass is 10.0. The van der Waals surface area contributed by atoms with Gasteiger partial charge >= 0.3 is 0 Å². The number of ether oxygens (including phenoxy) is 1. The van der Waals surface area contributed by atoms with Gasteiger partial charge in [0, 0.05) is 25.2 Å². The molecule has 5 nitrogen and oxygen atoms in total. The maximum Gasteiger partial charge on any atom is 0.229 e. The first-order chi connectivity index (χ1) is 7.92. The van der Waals surface area contributed by atoms with Crippen LogP contribution in [-0.2, 0) is 11.3 Å². The van der Waals surface area contributed by atoms with Gasteiger partial charge in [0.2, 0.25) is 5.89 Å². The first-order valence-corrected chi connectivity index (χ1v) is 6.05. The van der Waals surface area contributed by atoms with E-state index in [1.807, 2.05) is 0 Å². The highest BCUT2D eigenvalue weighted by Gasteiger charge is 2.23. The van der Waals surface area contributed by atoms with Crippen LogP contribution in [-0.4, -0.2) is 29.4 Å². The molecular weight excluding hydrogens is 206 g/mol. The van der Waals surface area contributed by atoms with Crippen LogP contribution >= 0.6 is 0 Å². The van der Waals surface area contributed by atoms with Gasteiger partial charge in [-0.25, -0.2) is 0 Å². The standard InChI is InChI=1S/C11H17N3O2/c1-2-9(1)12-7-10-13-11(16-14-10)8-3-5-15-6-4-8/h8-9,12H,1-7H2. The van der Waals surface area contributed by atoms with Crippen LogP contribution in [0.4, 0.5) is 0 Å². The lowest BCUT2D eigenvalue weighted by Crippen LogP contribution is -2.17. The van der Waals surface area contributed by atoms with Crippen molar-refractivity contribution in [1.82, 2.24) is 15.5 Å². The van der Waals surface area contributed by atoms with Crippen molar-refractivity contribution in [3.8, 4) is 0 Å². The summed E-state index contributed by atoms with van der Waals surface area (Å²) in [4.78, 5) is 4.44. The molecule has 2 aliphatic rings. The molecule has 1 aliphatic carbocycles. The van der Waals surface area contributed by atoms with Gasteiger partial charge < -0.3 is 14.6 Å². The topological polar surface area (TPSA) is 60.2 Å². The van der Waals surface area contributed by atoms with Gasteiger partial charge in [0.05, 0.1) is 6.54 Å². The van der Waals surface area contributed by atoms with Crippen molar-refractivity contribution in [2.24, 2.45) is 0 Å². The molecule has 3 rings (SSSR count). The Bertz CT molecular complexity index is 343. The molecule has 0 bridgehead atoms. The molecule has 0 atom stereocenters. The minimum Gasteiger partial charge on any atom is -0.381 e. The lowest BCUT2D eigenvalue weighted by Gasteiger charge is -2.17. The highest BCUT2D eigenvalue weighted by atomic mass is 16.5. The first-order valence-electron chi connectivity index (χ1n) is 6.05. The van der Waals surface area contributed by atoms with Gasteiger partial charge in [-0.1, -0.05) is 5.16 Å². The highest BCUT2D eigenvalue weighted by molar-refractivity contribution is 4.96. The Morgan fingerprint density at radius 3 is 2.75 bits per heavy atom. The van der Waals surface area contributed by atoms with E-state index in [0.717, 1.165) is 44.3 Å². The zero-order valence-electron chi connectivity index (χ0n) is 9.32. The second-order valence-corrected chi connectivity index (χ2v) is 4.59. The van der Waals surface area contributed by atoms with Gasteiger partial charge in [0.15, 0.2) is 5.82 Å². The van der Waals surface area contributed by atoms with E-state index in [9.17, 15) is 0 Å². The second-order valence-electron chi connectivity index (χ2n) is 4.59. The van der Waals surface area contributed by atoms with E-state index in [0.29, 0.717) is 12.0 Å². The molecule has 1 saturated heterocycles. The van der Waals surface area contributed by atoms with Crippen LogP contribution in [0, 0.1) is 0 Å². The zero-order chi connectivity index (χ0) is 10.8. The van der Waals surface area contributed by atoms with Gasteiger partial charge in [0.1, 0.15) is 0 Å². The number of hydrogen-bond acceptors (Lipinski definition) is 5. The molecule has 0 aromatic carbocycles. The Morgan fingerprint density at radius 1 is 1.19 bits per heavy atom. The average Bonchev–Trinajstić information content (AvgIpc) is 3.05. The van der Waals surface area contributed by atoms with Crippen LogP contribution in [0.25, 0.3) is 0 Å². The summed E-state index contributed by atoms with van der Waals surface area (Å²) < 4.78 is 10.6. The van der Waals surface area contributed by atoms with E-state index in [2.05, 4.69) is 15.5 Å². The molecule has 5 heteroatoms. The summed E-state index contributed by atoms with van der Waals surface area (Å²) in [5.41, 5.74) is 0. The molecule has 0 unspecified atom stereocenters.